The van der Waals surface area contributed by atoms with Crippen LogP contribution in [0.4, 0.5) is 20.6 Å². The minimum atomic E-state index is -0.537. The highest BCUT2D eigenvalue weighted by atomic mass is 35.5. The number of carbonyl (C=O) groups is 1. The van der Waals surface area contributed by atoms with Gasteiger partial charge in [-0.25, -0.2) is 14.2 Å². The van der Waals surface area contributed by atoms with Crippen molar-refractivity contribution in [3.63, 3.8) is 0 Å². The number of hydrogen-bond donors (Lipinski definition) is 2. The summed E-state index contributed by atoms with van der Waals surface area (Å²) in [5, 5.41) is 5.27. The van der Waals surface area contributed by atoms with E-state index < -0.39 is 11.8 Å². The zero-order chi connectivity index (χ0) is 18.8. The fourth-order valence-corrected chi connectivity index (χ4v) is 2.85. The highest BCUT2D eigenvalue weighted by molar-refractivity contribution is 6.31. The maximum atomic E-state index is 13.2. The van der Waals surface area contributed by atoms with Crippen LogP contribution in [0.15, 0.2) is 73.1 Å². The van der Waals surface area contributed by atoms with Gasteiger partial charge in [-0.15, -0.1) is 0 Å². The van der Waals surface area contributed by atoms with Gasteiger partial charge in [0, 0.05) is 29.3 Å². The van der Waals surface area contributed by atoms with Crippen LogP contribution in [0.5, 0.6) is 0 Å². The number of amides is 2. The van der Waals surface area contributed by atoms with Gasteiger partial charge in [0.1, 0.15) is 11.5 Å². The predicted molar refractivity (Wildman–Crippen MR) is 105 cm³/mol. The van der Waals surface area contributed by atoms with Crippen LogP contribution >= 0.6 is 11.6 Å². The summed E-state index contributed by atoms with van der Waals surface area (Å²) in [7, 11) is 0. The van der Waals surface area contributed by atoms with Crippen LogP contribution in [-0.2, 0) is 0 Å². The third kappa shape index (κ3) is 3.75. The summed E-state index contributed by atoms with van der Waals surface area (Å²) >= 11 is 5.71. The summed E-state index contributed by atoms with van der Waals surface area (Å²) < 4.78 is 15.1. The van der Waals surface area contributed by atoms with Crippen molar-refractivity contribution in [2.24, 2.45) is 0 Å². The molecule has 5 nitrogen and oxygen atoms in total. The number of pyridine rings is 1. The van der Waals surface area contributed by atoms with Gasteiger partial charge in [-0.2, -0.15) is 0 Å². The minimum absolute atomic E-state index is 0.0513. The molecule has 0 saturated heterocycles. The summed E-state index contributed by atoms with van der Waals surface area (Å²) in [5.41, 5.74) is 3.67. The molecule has 134 valence electrons. The van der Waals surface area contributed by atoms with E-state index in [1.165, 1.54) is 18.2 Å². The van der Waals surface area contributed by atoms with Gasteiger partial charge in [-0.05, 0) is 42.5 Å². The molecular weight excluding hydrogens is 367 g/mol. The van der Waals surface area contributed by atoms with Gasteiger partial charge in [0.2, 0.25) is 0 Å². The fraction of sp³-hybridized carbons (Fsp3) is 0. The highest BCUT2D eigenvalue weighted by Crippen LogP contribution is 2.22. The Balaban J connectivity index is 1.45. The third-order valence-electron chi connectivity index (χ3n) is 3.98. The van der Waals surface area contributed by atoms with Crippen LogP contribution in [0, 0.1) is 5.82 Å². The van der Waals surface area contributed by atoms with Crippen LogP contribution in [0.3, 0.4) is 0 Å². The maximum Gasteiger partial charge on any atom is 0.323 e. The molecule has 0 atom stereocenters. The average Bonchev–Trinajstić information content (AvgIpc) is 3.09. The Hall–Kier alpha value is -3.38. The highest BCUT2D eigenvalue weighted by Gasteiger charge is 2.07. The molecule has 2 amide bonds. The molecule has 4 rings (SSSR count). The van der Waals surface area contributed by atoms with Crippen LogP contribution in [-0.4, -0.2) is 15.4 Å². The van der Waals surface area contributed by atoms with Gasteiger partial charge in [0.25, 0.3) is 0 Å². The molecule has 2 heterocycles. The minimum Gasteiger partial charge on any atom is -0.308 e. The molecule has 7 heteroatoms. The van der Waals surface area contributed by atoms with Gasteiger partial charge in [0.15, 0.2) is 0 Å². The van der Waals surface area contributed by atoms with Gasteiger partial charge >= 0.3 is 6.03 Å². The molecule has 2 N–H and O–H groups in total. The van der Waals surface area contributed by atoms with Crippen LogP contribution in [0.25, 0.3) is 16.9 Å². The van der Waals surface area contributed by atoms with Gasteiger partial charge in [0.05, 0.1) is 10.7 Å². The average molecular weight is 381 g/mol. The third-order valence-corrected chi connectivity index (χ3v) is 4.27. The first-order chi connectivity index (χ1) is 13.1. The van der Waals surface area contributed by atoms with Crippen molar-refractivity contribution in [2.45, 2.75) is 0 Å². The summed E-state index contributed by atoms with van der Waals surface area (Å²) in [5.74, 6) is -0.537. The van der Waals surface area contributed by atoms with E-state index in [1.807, 2.05) is 47.1 Å². The first kappa shape index (κ1) is 17.1. The van der Waals surface area contributed by atoms with Gasteiger partial charge < -0.3 is 15.0 Å². The Kier molecular flexibility index (Phi) is 4.48. The molecule has 0 unspecified atom stereocenters. The van der Waals surface area contributed by atoms with Gasteiger partial charge in [-0.3, -0.25) is 0 Å². The normalized spacial score (nSPS) is 10.7. The quantitative estimate of drug-likeness (QED) is 0.497. The number of urea groups is 1. The molecule has 0 bridgehead atoms. The summed E-state index contributed by atoms with van der Waals surface area (Å²) in [6, 6.07) is 16.7. The first-order valence-electron chi connectivity index (χ1n) is 8.16. The monoisotopic (exact) mass is 380 g/mol. The first-order valence-corrected chi connectivity index (χ1v) is 8.53. The number of aromatic nitrogens is 2. The summed E-state index contributed by atoms with van der Waals surface area (Å²) in [4.78, 5) is 16.6. The number of halogens is 2. The fourth-order valence-electron chi connectivity index (χ4n) is 2.67. The molecule has 0 spiro atoms. The molecule has 27 heavy (non-hydrogen) atoms. The van der Waals surface area contributed by atoms with Crippen molar-refractivity contribution < 1.29 is 9.18 Å². The largest absolute Gasteiger partial charge is 0.323 e. The van der Waals surface area contributed by atoms with Crippen LogP contribution < -0.4 is 10.6 Å². The summed E-state index contributed by atoms with van der Waals surface area (Å²) in [6.45, 7) is 0. The lowest BCUT2D eigenvalue weighted by atomic mass is 10.1. The second-order valence-corrected chi connectivity index (χ2v) is 6.28. The zero-order valence-corrected chi connectivity index (χ0v) is 14.7. The van der Waals surface area contributed by atoms with E-state index in [4.69, 9.17) is 11.6 Å². The topological polar surface area (TPSA) is 58.4 Å². The second-order valence-electron chi connectivity index (χ2n) is 5.88. The van der Waals surface area contributed by atoms with E-state index in [1.54, 1.807) is 12.1 Å². The molecule has 0 radical (unpaired) electrons. The standard InChI is InChI=1S/C20H14ClFN4O/c21-16-11-15(8-9-17(16)22)24-20(27)23-14-6-4-13(5-7-14)18-12-26-10-2-1-3-19(26)25-18/h1-12H,(H2,23,24,27). The number of fused-ring (bicyclic) bond motifs is 1. The maximum absolute atomic E-state index is 13.2. The number of nitrogens with one attached hydrogen (secondary N) is 2. The lowest BCUT2D eigenvalue weighted by Gasteiger charge is -2.08. The van der Waals surface area contributed by atoms with E-state index in [0.29, 0.717) is 11.4 Å². The van der Waals surface area contributed by atoms with E-state index >= 15 is 0 Å². The smallest absolute Gasteiger partial charge is 0.308 e. The Morgan fingerprint density at radius 3 is 2.48 bits per heavy atom. The van der Waals surface area contributed by atoms with E-state index in [-0.39, 0.29) is 5.02 Å². The summed E-state index contributed by atoms with van der Waals surface area (Å²) in [6.07, 6.45) is 3.89. The molecule has 0 aliphatic carbocycles. The van der Waals surface area contributed by atoms with Crippen molar-refractivity contribution >= 4 is 34.7 Å². The number of rotatable bonds is 3. The Bertz CT molecular complexity index is 1090. The van der Waals surface area contributed by atoms with Gasteiger partial charge in [-0.1, -0.05) is 29.8 Å². The van der Waals surface area contributed by atoms with Crippen molar-refractivity contribution in [3.05, 3.63) is 83.9 Å². The number of nitrogens with zero attached hydrogens (tertiary/aromatic N) is 2. The van der Waals surface area contributed by atoms with E-state index in [2.05, 4.69) is 15.6 Å². The molecule has 2 aromatic carbocycles. The number of anilines is 2. The second kappa shape index (κ2) is 7.09. The van der Waals surface area contributed by atoms with Crippen LogP contribution in [0.1, 0.15) is 0 Å². The Labute approximate surface area is 159 Å². The van der Waals surface area contributed by atoms with Crippen LogP contribution in [0.2, 0.25) is 5.02 Å². The predicted octanol–water partition coefficient (Wildman–Crippen LogP) is 5.44. The molecule has 0 aliphatic rings. The Morgan fingerprint density at radius 1 is 1.00 bits per heavy atom. The molecular formula is C20H14ClFN4O. The van der Waals surface area contributed by atoms with E-state index in [0.717, 1.165) is 16.9 Å². The zero-order valence-electron chi connectivity index (χ0n) is 14.0. The van der Waals surface area contributed by atoms with E-state index in [9.17, 15) is 9.18 Å². The number of carbonyl (C=O) groups excluding carboxylic acids is 1. The molecule has 2 aromatic heterocycles. The lowest BCUT2D eigenvalue weighted by molar-refractivity contribution is 0.262. The number of hydrogen-bond acceptors (Lipinski definition) is 2. The molecule has 0 aliphatic heterocycles. The Morgan fingerprint density at radius 2 is 1.74 bits per heavy atom. The molecule has 0 saturated carbocycles. The molecule has 0 fully saturated rings. The van der Waals surface area contributed by atoms with Crippen molar-refractivity contribution in [1.82, 2.24) is 9.38 Å². The van der Waals surface area contributed by atoms with Crippen molar-refractivity contribution in [2.75, 3.05) is 10.6 Å². The SMILES string of the molecule is O=C(Nc1ccc(-c2cn3ccccc3n2)cc1)Nc1ccc(F)c(Cl)c1. The lowest BCUT2D eigenvalue weighted by Crippen LogP contribution is -2.19. The van der Waals surface area contributed by atoms with Crippen molar-refractivity contribution in [3.8, 4) is 11.3 Å². The number of imidazole rings is 1. The molecule has 4 aromatic rings. The number of benzene rings is 2. The van der Waals surface area contributed by atoms with Crippen molar-refractivity contribution in [1.29, 1.82) is 0 Å².